The third-order valence-electron chi connectivity index (χ3n) is 3.13. The molecule has 100 valence electrons. The first kappa shape index (κ1) is 13.9. The molecule has 18 heavy (non-hydrogen) atoms. The highest BCUT2D eigenvalue weighted by molar-refractivity contribution is 7.99. The topological polar surface area (TPSA) is 38.5 Å². The maximum absolute atomic E-state index is 6.16. The minimum Gasteiger partial charge on any atom is -0.379 e. The van der Waals surface area contributed by atoms with Crippen LogP contribution in [0, 0.1) is 0 Å². The molecule has 0 aromatic heterocycles. The van der Waals surface area contributed by atoms with Crippen LogP contribution >= 0.6 is 11.8 Å². The lowest BCUT2D eigenvalue weighted by molar-refractivity contribution is 0.0369. The average molecular weight is 266 g/mol. The van der Waals surface area contributed by atoms with E-state index >= 15 is 0 Å². The van der Waals surface area contributed by atoms with E-state index < -0.39 is 0 Å². The summed E-state index contributed by atoms with van der Waals surface area (Å²) in [4.78, 5) is 3.75. The van der Waals surface area contributed by atoms with Gasteiger partial charge in [0.05, 0.1) is 13.2 Å². The van der Waals surface area contributed by atoms with Gasteiger partial charge in [-0.25, -0.2) is 0 Å². The number of morpholine rings is 1. The lowest BCUT2D eigenvalue weighted by atomic mass is 10.2. The fraction of sp³-hybridized carbons (Fsp3) is 0.571. The predicted octanol–water partition coefficient (Wildman–Crippen LogP) is 1.83. The Bertz CT molecular complexity index is 328. The summed E-state index contributed by atoms with van der Waals surface area (Å²) >= 11 is 1.85. The van der Waals surface area contributed by atoms with Crippen molar-refractivity contribution in [3.63, 3.8) is 0 Å². The van der Waals surface area contributed by atoms with Crippen LogP contribution in [0.1, 0.15) is 6.42 Å². The summed E-state index contributed by atoms with van der Waals surface area (Å²) in [5, 5.41) is 0. The number of rotatable bonds is 6. The van der Waals surface area contributed by atoms with Crippen LogP contribution in [0.4, 0.5) is 0 Å². The van der Waals surface area contributed by atoms with Gasteiger partial charge in [-0.05, 0) is 25.1 Å². The third kappa shape index (κ3) is 4.98. The molecule has 0 radical (unpaired) electrons. The van der Waals surface area contributed by atoms with Gasteiger partial charge in [-0.2, -0.15) is 0 Å². The first-order chi connectivity index (χ1) is 8.84. The Morgan fingerprint density at radius 1 is 1.22 bits per heavy atom. The van der Waals surface area contributed by atoms with Gasteiger partial charge in [-0.15, -0.1) is 11.8 Å². The molecule has 1 heterocycles. The van der Waals surface area contributed by atoms with Crippen molar-refractivity contribution in [2.24, 2.45) is 5.73 Å². The van der Waals surface area contributed by atoms with Gasteiger partial charge >= 0.3 is 0 Å². The van der Waals surface area contributed by atoms with Crippen LogP contribution < -0.4 is 5.73 Å². The van der Waals surface area contributed by atoms with E-state index in [4.69, 9.17) is 10.5 Å². The molecule has 1 atom stereocenters. The van der Waals surface area contributed by atoms with E-state index in [-0.39, 0.29) is 6.04 Å². The number of nitrogens with two attached hydrogens (primary N) is 1. The Kier molecular flexibility index (Phi) is 6.00. The molecule has 0 amide bonds. The molecule has 4 heteroatoms. The quantitative estimate of drug-likeness (QED) is 0.797. The number of hydrogen-bond acceptors (Lipinski definition) is 4. The molecule has 1 aromatic carbocycles. The van der Waals surface area contributed by atoms with E-state index in [2.05, 4.69) is 29.2 Å². The number of thioether (sulfide) groups is 1. The second-order valence-electron chi connectivity index (χ2n) is 4.63. The Hall–Kier alpha value is -0.550. The zero-order valence-electron chi connectivity index (χ0n) is 10.8. The SMILES string of the molecule is NC(CCN1CCOCC1)CSc1ccccc1. The van der Waals surface area contributed by atoms with Crippen LogP contribution in [0.15, 0.2) is 35.2 Å². The lowest BCUT2D eigenvalue weighted by Gasteiger charge is -2.27. The summed E-state index contributed by atoms with van der Waals surface area (Å²) in [7, 11) is 0. The summed E-state index contributed by atoms with van der Waals surface area (Å²) in [5.41, 5.74) is 6.16. The van der Waals surface area contributed by atoms with Crippen LogP contribution in [0.2, 0.25) is 0 Å². The molecular formula is C14H22N2OS. The monoisotopic (exact) mass is 266 g/mol. The van der Waals surface area contributed by atoms with E-state index in [0.29, 0.717) is 0 Å². The van der Waals surface area contributed by atoms with E-state index in [1.807, 2.05) is 17.8 Å². The summed E-state index contributed by atoms with van der Waals surface area (Å²) in [5.74, 6) is 0.994. The van der Waals surface area contributed by atoms with Crippen molar-refractivity contribution in [1.82, 2.24) is 4.90 Å². The van der Waals surface area contributed by atoms with Crippen molar-refractivity contribution in [3.8, 4) is 0 Å². The van der Waals surface area contributed by atoms with Crippen molar-refractivity contribution in [3.05, 3.63) is 30.3 Å². The molecular weight excluding hydrogens is 244 g/mol. The normalized spacial score (nSPS) is 18.7. The van der Waals surface area contributed by atoms with Crippen LogP contribution in [0.3, 0.4) is 0 Å². The van der Waals surface area contributed by atoms with Gasteiger partial charge in [0, 0.05) is 29.8 Å². The highest BCUT2D eigenvalue weighted by Crippen LogP contribution is 2.18. The lowest BCUT2D eigenvalue weighted by Crippen LogP contribution is -2.39. The molecule has 1 saturated heterocycles. The molecule has 3 nitrogen and oxygen atoms in total. The molecule has 0 saturated carbocycles. The minimum atomic E-state index is 0.276. The number of nitrogens with zero attached hydrogens (tertiary/aromatic N) is 1. The van der Waals surface area contributed by atoms with Gasteiger partial charge in [-0.1, -0.05) is 18.2 Å². The predicted molar refractivity (Wildman–Crippen MR) is 77.0 cm³/mol. The fourth-order valence-corrected chi connectivity index (χ4v) is 2.90. The van der Waals surface area contributed by atoms with E-state index in [1.165, 1.54) is 4.90 Å². The second kappa shape index (κ2) is 7.79. The van der Waals surface area contributed by atoms with Crippen LogP contribution in [0.5, 0.6) is 0 Å². The third-order valence-corrected chi connectivity index (χ3v) is 4.33. The van der Waals surface area contributed by atoms with Gasteiger partial charge in [0.1, 0.15) is 0 Å². The molecule has 1 aliphatic rings. The molecule has 0 bridgehead atoms. The van der Waals surface area contributed by atoms with Crippen LogP contribution in [0.25, 0.3) is 0 Å². The highest BCUT2D eigenvalue weighted by Gasteiger charge is 2.11. The van der Waals surface area contributed by atoms with Crippen LogP contribution in [-0.4, -0.2) is 49.5 Å². The van der Waals surface area contributed by atoms with Crippen molar-refractivity contribution in [2.75, 3.05) is 38.6 Å². The zero-order chi connectivity index (χ0) is 12.6. The summed E-state index contributed by atoms with van der Waals surface area (Å²) in [6.45, 7) is 4.94. The Labute approximate surface area is 114 Å². The number of hydrogen-bond donors (Lipinski definition) is 1. The summed E-state index contributed by atoms with van der Waals surface area (Å²) in [6, 6.07) is 10.7. The first-order valence-electron chi connectivity index (χ1n) is 6.58. The molecule has 2 N–H and O–H groups in total. The average Bonchev–Trinajstić information content (AvgIpc) is 2.45. The fourth-order valence-electron chi connectivity index (χ4n) is 1.98. The number of ether oxygens (including phenoxy) is 1. The first-order valence-corrected chi connectivity index (χ1v) is 7.56. The number of benzene rings is 1. The molecule has 1 fully saturated rings. The largest absolute Gasteiger partial charge is 0.379 e. The van der Waals surface area contributed by atoms with Crippen molar-refractivity contribution in [2.45, 2.75) is 17.4 Å². The van der Waals surface area contributed by atoms with E-state index in [0.717, 1.165) is 45.0 Å². The molecule has 1 aliphatic heterocycles. The van der Waals surface area contributed by atoms with Gasteiger partial charge in [0.25, 0.3) is 0 Å². The van der Waals surface area contributed by atoms with E-state index in [1.54, 1.807) is 0 Å². The van der Waals surface area contributed by atoms with Gasteiger partial charge in [0.2, 0.25) is 0 Å². The Balaban J connectivity index is 1.61. The minimum absolute atomic E-state index is 0.276. The maximum atomic E-state index is 6.16. The zero-order valence-corrected chi connectivity index (χ0v) is 11.6. The Morgan fingerprint density at radius 2 is 1.94 bits per heavy atom. The molecule has 2 rings (SSSR count). The molecule has 0 aliphatic carbocycles. The van der Waals surface area contributed by atoms with Crippen molar-refractivity contribution < 1.29 is 4.74 Å². The van der Waals surface area contributed by atoms with Gasteiger partial charge < -0.3 is 10.5 Å². The van der Waals surface area contributed by atoms with Gasteiger partial charge in [0.15, 0.2) is 0 Å². The summed E-state index contributed by atoms with van der Waals surface area (Å²) < 4.78 is 5.33. The second-order valence-corrected chi connectivity index (χ2v) is 5.72. The van der Waals surface area contributed by atoms with Gasteiger partial charge in [-0.3, -0.25) is 4.90 Å². The maximum Gasteiger partial charge on any atom is 0.0594 e. The van der Waals surface area contributed by atoms with E-state index in [9.17, 15) is 0 Å². The van der Waals surface area contributed by atoms with Crippen molar-refractivity contribution in [1.29, 1.82) is 0 Å². The molecule has 1 aromatic rings. The smallest absolute Gasteiger partial charge is 0.0594 e. The standard InChI is InChI=1S/C14H22N2OS/c15-13(6-7-16-8-10-17-11-9-16)12-18-14-4-2-1-3-5-14/h1-5,13H,6-12,15H2. The van der Waals surface area contributed by atoms with Crippen LogP contribution in [-0.2, 0) is 4.74 Å². The van der Waals surface area contributed by atoms with Crippen molar-refractivity contribution >= 4 is 11.8 Å². The molecule has 1 unspecified atom stereocenters. The molecule has 0 spiro atoms. The Morgan fingerprint density at radius 3 is 2.67 bits per heavy atom. The highest BCUT2D eigenvalue weighted by atomic mass is 32.2. The summed E-state index contributed by atoms with van der Waals surface area (Å²) in [6.07, 6.45) is 1.07.